The van der Waals surface area contributed by atoms with Crippen molar-refractivity contribution in [2.45, 2.75) is 64.7 Å². The first kappa shape index (κ1) is 16.1. The van der Waals surface area contributed by atoms with Crippen molar-refractivity contribution in [1.29, 1.82) is 0 Å². The van der Waals surface area contributed by atoms with Crippen molar-refractivity contribution in [3.63, 3.8) is 0 Å². The van der Waals surface area contributed by atoms with Gasteiger partial charge in [0, 0.05) is 19.6 Å². The van der Waals surface area contributed by atoms with Crippen LogP contribution in [0.2, 0.25) is 0 Å². The van der Waals surface area contributed by atoms with Crippen LogP contribution in [0.25, 0.3) is 0 Å². The normalized spacial score (nSPS) is 52.3. The zero-order valence-corrected chi connectivity index (χ0v) is 15.0. The van der Waals surface area contributed by atoms with Crippen molar-refractivity contribution < 1.29 is 9.53 Å². The summed E-state index contributed by atoms with van der Waals surface area (Å²) < 4.78 is 5.43. The van der Waals surface area contributed by atoms with Gasteiger partial charge in [-0.3, -0.25) is 0 Å². The van der Waals surface area contributed by atoms with Crippen LogP contribution in [0, 0.1) is 46.8 Å². The van der Waals surface area contributed by atoms with Gasteiger partial charge in [0.15, 0.2) is 0 Å². The quantitative estimate of drug-likeness (QED) is 0.704. The van der Waals surface area contributed by atoms with Gasteiger partial charge in [0.1, 0.15) is 6.29 Å². The predicted molar refractivity (Wildman–Crippen MR) is 92.0 cm³/mol. The van der Waals surface area contributed by atoms with E-state index in [9.17, 15) is 4.79 Å². The summed E-state index contributed by atoms with van der Waals surface area (Å²) in [6.45, 7) is 3.42. The maximum absolute atomic E-state index is 11.5. The predicted octanol–water partition coefficient (Wildman–Crippen LogP) is 4.72. The number of carbonyl (C=O) groups excluding carboxylic acids is 1. The molecule has 4 fully saturated rings. The molecule has 0 spiro atoms. The monoisotopic (exact) mass is 318 g/mol. The summed E-state index contributed by atoms with van der Waals surface area (Å²) in [7, 11) is 1.86. The van der Waals surface area contributed by atoms with Crippen molar-refractivity contribution in [1.82, 2.24) is 0 Å². The van der Waals surface area contributed by atoms with Gasteiger partial charge >= 0.3 is 0 Å². The number of methoxy groups -OCH3 is 1. The minimum atomic E-state index is 0.336. The van der Waals surface area contributed by atoms with Crippen LogP contribution in [0.1, 0.15) is 64.7 Å². The standard InChI is InChI=1S/C21H34O2/c1-21-10-9-18-17-6-3-14(13-23-2)11-15(17)4-7-19(18)20(21)8-5-16(21)12-22/h12,14-20H,3-11,13H2,1-2H3. The first-order chi connectivity index (χ1) is 11.2. The molecule has 4 rings (SSSR count). The van der Waals surface area contributed by atoms with Crippen LogP contribution >= 0.6 is 0 Å². The lowest BCUT2D eigenvalue weighted by molar-refractivity contribution is -0.118. The molecule has 0 bridgehead atoms. The molecule has 0 amide bonds. The molecule has 8 atom stereocenters. The Balaban J connectivity index is 1.49. The van der Waals surface area contributed by atoms with Crippen molar-refractivity contribution in [2.75, 3.05) is 13.7 Å². The fourth-order valence-corrected chi connectivity index (χ4v) is 7.60. The van der Waals surface area contributed by atoms with E-state index in [1.165, 1.54) is 57.7 Å². The molecular formula is C21H34O2. The van der Waals surface area contributed by atoms with E-state index in [2.05, 4.69) is 6.92 Å². The van der Waals surface area contributed by atoms with E-state index in [0.29, 0.717) is 11.3 Å². The fraction of sp³-hybridized carbons (Fsp3) is 0.952. The first-order valence-corrected chi connectivity index (χ1v) is 10.1. The van der Waals surface area contributed by atoms with E-state index in [4.69, 9.17) is 4.74 Å². The van der Waals surface area contributed by atoms with Gasteiger partial charge in [0.05, 0.1) is 0 Å². The maximum Gasteiger partial charge on any atom is 0.123 e. The molecule has 0 aromatic heterocycles. The fourth-order valence-electron chi connectivity index (χ4n) is 7.60. The van der Waals surface area contributed by atoms with Gasteiger partial charge < -0.3 is 9.53 Å². The van der Waals surface area contributed by atoms with Gasteiger partial charge in [-0.25, -0.2) is 0 Å². The number of fused-ring (bicyclic) bond motifs is 5. The number of ether oxygens (including phenoxy) is 1. The van der Waals surface area contributed by atoms with E-state index >= 15 is 0 Å². The van der Waals surface area contributed by atoms with E-state index in [1.54, 1.807) is 0 Å². The summed E-state index contributed by atoms with van der Waals surface area (Å²) >= 11 is 0. The van der Waals surface area contributed by atoms with Gasteiger partial charge in [-0.15, -0.1) is 0 Å². The lowest BCUT2D eigenvalue weighted by Crippen LogP contribution is -2.48. The van der Waals surface area contributed by atoms with Gasteiger partial charge in [-0.2, -0.15) is 0 Å². The molecule has 0 N–H and O–H groups in total. The number of hydrogen-bond donors (Lipinski definition) is 0. The number of carbonyl (C=O) groups is 1. The summed E-state index contributed by atoms with van der Waals surface area (Å²) in [5, 5.41) is 0. The molecule has 0 aromatic carbocycles. The van der Waals surface area contributed by atoms with Crippen molar-refractivity contribution >= 4 is 6.29 Å². The SMILES string of the molecule is COCC1CCC2C(CCC3C2CCC2(C)C(C=O)CCC32)C1. The second-order valence-corrected chi connectivity index (χ2v) is 9.43. The molecule has 4 aliphatic carbocycles. The Morgan fingerprint density at radius 1 is 1.00 bits per heavy atom. The van der Waals surface area contributed by atoms with Gasteiger partial charge in [-0.1, -0.05) is 6.92 Å². The summed E-state index contributed by atoms with van der Waals surface area (Å²) in [4.78, 5) is 11.5. The van der Waals surface area contributed by atoms with Gasteiger partial charge in [0.25, 0.3) is 0 Å². The van der Waals surface area contributed by atoms with Crippen molar-refractivity contribution in [2.24, 2.45) is 46.8 Å². The molecule has 0 radical (unpaired) electrons. The Morgan fingerprint density at radius 2 is 1.83 bits per heavy atom. The highest BCUT2D eigenvalue weighted by Crippen LogP contribution is 2.64. The summed E-state index contributed by atoms with van der Waals surface area (Å²) in [6, 6.07) is 0. The Kier molecular flexibility index (Phi) is 4.32. The largest absolute Gasteiger partial charge is 0.384 e. The summed E-state index contributed by atoms with van der Waals surface area (Å²) in [5.74, 6) is 5.87. The van der Waals surface area contributed by atoms with Crippen LogP contribution in [0.4, 0.5) is 0 Å². The Morgan fingerprint density at radius 3 is 2.61 bits per heavy atom. The molecule has 0 aliphatic heterocycles. The highest BCUT2D eigenvalue weighted by atomic mass is 16.5. The van der Waals surface area contributed by atoms with Gasteiger partial charge in [0.2, 0.25) is 0 Å². The molecule has 0 aromatic rings. The zero-order chi connectivity index (χ0) is 16.0. The molecule has 130 valence electrons. The third-order valence-electron chi connectivity index (χ3n) is 8.70. The first-order valence-electron chi connectivity index (χ1n) is 10.1. The van der Waals surface area contributed by atoms with Crippen LogP contribution in [-0.4, -0.2) is 20.0 Å². The Bertz CT molecular complexity index is 447. The lowest BCUT2D eigenvalue weighted by Gasteiger charge is -2.56. The van der Waals surface area contributed by atoms with Gasteiger partial charge in [-0.05, 0) is 98.7 Å². The average Bonchev–Trinajstić information content (AvgIpc) is 2.91. The maximum atomic E-state index is 11.5. The lowest BCUT2D eigenvalue weighted by atomic mass is 9.49. The molecule has 4 saturated carbocycles. The van der Waals surface area contributed by atoms with Crippen molar-refractivity contribution in [3.05, 3.63) is 0 Å². The van der Waals surface area contributed by atoms with Crippen LogP contribution in [-0.2, 0) is 9.53 Å². The second kappa shape index (κ2) is 6.17. The average molecular weight is 319 g/mol. The molecule has 23 heavy (non-hydrogen) atoms. The molecule has 2 heteroatoms. The smallest absolute Gasteiger partial charge is 0.123 e. The Hall–Kier alpha value is -0.370. The number of aldehydes is 1. The summed E-state index contributed by atoms with van der Waals surface area (Å²) in [5.41, 5.74) is 0.336. The highest BCUT2D eigenvalue weighted by molar-refractivity contribution is 5.56. The Labute approximate surface area is 141 Å². The number of rotatable bonds is 3. The van der Waals surface area contributed by atoms with E-state index in [0.717, 1.165) is 48.5 Å². The van der Waals surface area contributed by atoms with Crippen LogP contribution < -0.4 is 0 Å². The van der Waals surface area contributed by atoms with Crippen LogP contribution in [0.3, 0.4) is 0 Å². The third-order valence-corrected chi connectivity index (χ3v) is 8.70. The second-order valence-electron chi connectivity index (χ2n) is 9.43. The molecule has 0 heterocycles. The topological polar surface area (TPSA) is 26.3 Å². The van der Waals surface area contributed by atoms with E-state index < -0.39 is 0 Å². The molecule has 0 saturated heterocycles. The minimum absolute atomic E-state index is 0.336. The number of hydrogen-bond acceptors (Lipinski definition) is 2. The van der Waals surface area contributed by atoms with Crippen LogP contribution in [0.15, 0.2) is 0 Å². The van der Waals surface area contributed by atoms with E-state index in [-0.39, 0.29) is 0 Å². The molecule has 2 nitrogen and oxygen atoms in total. The van der Waals surface area contributed by atoms with E-state index in [1.807, 2.05) is 7.11 Å². The third kappa shape index (κ3) is 2.51. The zero-order valence-electron chi connectivity index (χ0n) is 15.0. The minimum Gasteiger partial charge on any atom is -0.384 e. The molecular weight excluding hydrogens is 284 g/mol. The highest BCUT2D eigenvalue weighted by Gasteiger charge is 2.56. The van der Waals surface area contributed by atoms with Crippen molar-refractivity contribution in [3.8, 4) is 0 Å². The van der Waals surface area contributed by atoms with Crippen LogP contribution in [0.5, 0.6) is 0 Å². The summed E-state index contributed by atoms with van der Waals surface area (Å²) in [6.07, 6.45) is 13.6. The molecule has 4 aliphatic rings. The molecule has 8 unspecified atom stereocenters.